The number of carbonyl (C=O) groups is 1. The normalized spacial score (nSPS) is 11.7. The number of aryl methyl sites for hydroxylation is 1. The smallest absolute Gasteiger partial charge is 0.251 e. The maximum Gasteiger partial charge on any atom is 0.251 e. The molecule has 4 nitrogen and oxygen atoms in total. The van der Waals surface area contributed by atoms with Gasteiger partial charge in [-0.2, -0.15) is 5.26 Å². The van der Waals surface area contributed by atoms with Crippen molar-refractivity contribution in [3.05, 3.63) is 35.4 Å². The lowest BCUT2D eigenvalue weighted by atomic mass is 10.0. The quantitative estimate of drug-likeness (QED) is 0.715. The zero-order chi connectivity index (χ0) is 14.8. The summed E-state index contributed by atoms with van der Waals surface area (Å²) in [5, 5.41) is 20.3. The van der Waals surface area contributed by atoms with E-state index in [0.717, 1.165) is 31.2 Å². The number of carbonyl (C=O) groups excluding carboxylic acids is 1. The molecule has 0 aromatic heterocycles. The number of aliphatic hydroxyl groups excluding tert-OH is 1. The topological polar surface area (TPSA) is 73.1 Å². The van der Waals surface area contributed by atoms with Crippen molar-refractivity contribution in [1.29, 1.82) is 5.26 Å². The second-order valence-electron chi connectivity index (χ2n) is 4.98. The Labute approximate surface area is 120 Å². The van der Waals surface area contributed by atoms with Crippen LogP contribution in [-0.2, 0) is 6.42 Å². The van der Waals surface area contributed by atoms with Gasteiger partial charge in [-0.05, 0) is 43.9 Å². The van der Waals surface area contributed by atoms with Gasteiger partial charge in [0.1, 0.15) is 0 Å². The van der Waals surface area contributed by atoms with E-state index >= 15 is 0 Å². The first-order valence-electron chi connectivity index (χ1n) is 7.05. The Bertz CT molecular complexity index is 464. The molecular weight excluding hydrogens is 252 g/mol. The van der Waals surface area contributed by atoms with Gasteiger partial charge < -0.3 is 10.4 Å². The standard InChI is InChI=1S/C16H22N2O2/c1-13(19)12-18-16(20)15-9-6-8-14(11-15)7-4-2-3-5-10-17/h6,8-9,11,13,19H,2-5,7,12H2,1H3,(H,18,20). The molecule has 20 heavy (non-hydrogen) atoms. The Kier molecular flexibility index (Phi) is 7.38. The minimum Gasteiger partial charge on any atom is -0.392 e. The van der Waals surface area contributed by atoms with E-state index < -0.39 is 6.10 Å². The van der Waals surface area contributed by atoms with Crippen molar-refractivity contribution in [3.63, 3.8) is 0 Å². The van der Waals surface area contributed by atoms with Gasteiger partial charge in [-0.15, -0.1) is 0 Å². The monoisotopic (exact) mass is 274 g/mol. The highest BCUT2D eigenvalue weighted by molar-refractivity contribution is 5.94. The van der Waals surface area contributed by atoms with Gasteiger partial charge in [0.25, 0.3) is 5.91 Å². The van der Waals surface area contributed by atoms with Gasteiger partial charge in [-0.3, -0.25) is 4.79 Å². The van der Waals surface area contributed by atoms with Gasteiger partial charge in [0, 0.05) is 18.5 Å². The summed E-state index contributed by atoms with van der Waals surface area (Å²) in [6.45, 7) is 1.90. The molecule has 1 aromatic carbocycles. The number of nitrogens with one attached hydrogen (secondary N) is 1. The van der Waals surface area contributed by atoms with Crippen LogP contribution in [0.2, 0.25) is 0 Å². The largest absolute Gasteiger partial charge is 0.392 e. The molecule has 0 radical (unpaired) electrons. The molecule has 4 heteroatoms. The van der Waals surface area contributed by atoms with E-state index in [1.807, 2.05) is 18.2 Å². The van der Waals surface area contributed by atoms with Crippen LogP contribution in [0.3, 0.4) is 0 Å². The summed E-state index contributed by atoms with van der Waals surface area (Å²) in [7, 11) is 0. The van der Waals surface area contributed by atoms with Crippen molar-refractivity contribution in [1.82, 2.24) is 5.32 Å². The maximum atomic E-state index is 11.9. The first-order chi connectivity index (χ1) is 9.63. The molecular formula is C16H22N2O2. The molecule has 0 aliphatic heterocycles. The molecule has 0 aliphatic carbocycles. The van der Waals surface area contributed by atoms with Gasteiger partial charge in [0.05, 0.1) is 12.2 Å². The first-order valence-corrected chi connectivity index (χ1v) is 7.05. The van der Waals surface area contributed by atoms with Crippen molar-refractivity contribution in [2.24, 2.45) is 0 Å². The molecule has 0 fully saturated rings. The van der Waals surface area contributed by atoms with Gasteiger partial charge in [-0.1, -0.05) is 18.6 Å². The molecule has 1 atom stereocenters. The fourth-order valence-electron chi connectivity index (χ4n) is 1.92. The third kappa shape index (κ3) is 6.35. The van der Waals surface area contributed by atoms with Crippen LogP contribution in [-0.4, -0.2) is 23.7 Å². The summed E-state index contributed by atoms with van der Waals surface area (Å²) in [5.74, 6) is -0.155. The molecule has 1 unspecified atom stereocenters. The summed E-state index contributed by atoms with van der Waals surface area (Å²) >= 11 is 0. The average Bonchev–Trinajstić information content (AvgIpc) is 2.45. The predicted octanol–water partition coefficient (Wildman–Crippen LogP) is 2.42. The van der Waals surface area contributed by atoms with Crippen molar-refractivity contribution in [3.8, 4) is 6.07 Å². The molecule has 1 aromatic rings. The van der Waals surface area contributed by atoms with Gasteiger partial charge >= 0.3 is 0 Å². The second-order valence-corrected chi connectivity index (χ2v) is 4.98. The van der Waals surface area contributed by atoms with E-state index in [9.17, 15) is 4.79 Å². The number of amides is 1. The Morgan fingerprint density at radius 1 is 1.40 bits per heavy atom. The van der Waals surface area contributed by atoms with Crippen molar-refractivity contribution < 1.29 is 9.90 Å². The van der Waals surface area contributed by atoms with Crippen LogP contribution in [0.25, 0.3) is 0 Å². The highest BCUT2D eigenvalue weighted by Crippen LogP contribution is 2.10. The van der Waals surface area contributed by atoms with Crippen LogP contribution in [0.5, 0.6) is 0 Å². The fourth-order valence-corrected chi connectivity index (χ4v) is 1.92. The molecule has 0 spiro atoms. The zero-order valence-corrected chi connectivity index (χ0v) is 11.9. The van der Waals surface area contributed by atoms with E-state index in [4.69, 9.17) is 10.4 Å². The van der Waals surface area contributed by atoms with Crippen LogP contribution in [0.4, 0.5) is 0 Å². The molecule has 2 N–H and O–H groups in total. The van der Waals surface area contributed by atoms with Crippen LogP contribution < -0.4 is 5.32 Å². The van der Waals surface area contributed by atoms with Crippen molar-refractivity contribution in [2.75, 3.05) is 6.54 Å². The number of unbranched alkanes of at least 4 members (excludes halogenated alkanes) is 3. The van der Waals surface area contributed by atoms with E-state index in [0.29, 0.717) is 12.0 Å². The third-order valence-electron chi connectivity index (χ3n) is 3.00. The summed E-state index contributed by atoms with van der Waals surface area (Å²) < 4.78 is 0. The molecule has 1 rings (SSSR count). The summed E-state index contributed by atoms with van der Waals surface area (Å²) in [5.41, 5.74) is 1.76. The molecule has 108 valence electrons. The highest BCUT2D eigenvalue weighted by atomic mass is 16.3. The number of nitriles is 1. The molecule has 0 aliphatic rings. The minimum absolute atomic E-state index is 0.155. The van der Waals surface area contributed by atoms with Crippen LogP contribution in [0, 0.1) is 11.3 Å². The molecule has 0 saturated carbocycles. The number of nitrogens with zero attached hydrogens (tertiary/aromatic N) is 1. The Hall–Kier alpha value is -1.86. The van der Waals surface area contributed by atoms with Crippen LogP contribution >= 0.6 is 0 Å². The molecule has 0 bridgehead atoms. The maximum absolute atomic E-state index is 11.9. The van der Waals surface area contributed by atoms with Crippen LogP contribution in [0.15, 0.2) is 24.3 Å². The number of hydrogen-bond donors (Lipinski definition) is 2. The van der Waals surface area contributed by atoms with Gasteiger partial charge in [-0.25, -0.2) is 0 Å². The molecule has 0 saturated heterocycles. The number of benzene rings is 1. The fraction of sp³-hybridized carbons (Fsp3) is 0.500. The Balaban J connectivity index is 2.44. The first kappa shape index (κ1) is 16.2. The third-order valence-corrected chi connectivity index (χ3v) is 3.00. The van der Waals surface area contributed by atoms with Crippen molar-refractivity contribution >= 4 is 5.91 Å². The van der Waals surface area contributed by atoms with Gasteiger partial charge in [0.2, 0.25) is 0 Å². The minimum atomic E-state index is -0.540. The Morgan fingerprint density at radius 3 is 2.90 bits per heavy atom. The summed E-state index contributed by atoms with van der Waals surface area (Å²) in [6, 6.07) is 9.69. The van der Waals surface area contributed by atoms with Crippen LogP contribution in [0.1, 0.15) is 48.5 Å². The summed E-state index contributed by atoms with van der Waals surface area (Å²) in [4.78, 5) is 11.9. The Morgan fingerprint density at radius 2 is 2.20 bits per heavy atom. The second kappa shape index (κ2) is 9.11. The average molecular weight is 274 g/mol. The number of rotatable bonds is 8. The molecule has 0 heterocycles. The highest BCUT2D eigenvalue weighted by Gasteiger charge is 2.06. The number of aliphatic hydroxyl groups is 1. The van der Waals surface area contributed by atoms with Crippen molar-refractivity contribution in [2.45, 2.75) is 45.1 Å². The lowest BCUT2D eigenvalue weighted by Gasteiger charge is -2.08. The molecule has 1 amide bonds. The van der Waals surface area contributed by atoms with E-state index in [2.05, 4.69) is 11.4 Å². The zero-order valence-electron chi connectivity index (χ0n) is 11.9. The predicted molar refractivity (Wildman–Crippen MR) is 78.2 cm³/mol. The summed E-state index contributed by atoms with van der Waals surface area (Å²) in [6.07, 6.45) is 3.99. The number of hydrogen-bond acceptors (Lipinski definition) is 3. The van der Waals surface area contributed by atoms with E-state index in [1.165, 1.54) is 0 Å². The lowest BCUT2D eigenvalue weighted by molar-refractivity contribution is 0.0924. The SMILES string of the molecule is CC(O)CNC(=O)c1cccc(CCCCCC#N)c1. The van der Waals surface area contributed by atoms with E-state index in [-0.39, 0.29) is 12.5 Å². The van der Waals surface area contributed by atoms with Gasteiger partial charge in [0.15, 0.2) is 0 Å². The van der Waals surface area contributed by atoms with E-state index in [1.54, 1.807) is 13.0 Å². The lowest BCUT2D eigenvalue weighted by Crippen LogP contribution is -2.30.